The van der Waals surface area contributed by atoms with E-state index >= 15 is 0 Å². The maximum Gasteiger partial charge on any atom is 0.324 e. The summed E-state index contributed by atoms with van der Waals surface area (Å²) >= 11 is 1.77. The number of ether oxygens (including phenoxy) is 1. The number of esters is 1. The van der Waals surface area contributed by atoms with Gasteiger partial charge in [-0.1, -0.05) is 0 Å². The van der Waals surface area contributed by atoms with Crippen LogP contribution in [0.5, 0.6) is 0 Å². The molecular weight excluding hydrogens is 296 g/mol. The molecule has 1 atom stereocenters. The van der Waals surface area contributed by atoms with Crippen LogP contribution in [0.25, 0.3) is 0 Å². The Labute approximate surface area is 134 Å². The van der Waals surface area contributed by atoms with E-state index in [4.69, 9.17) is 4.74 Å². The van der Waals surface area contributed by atoms with Gasteiger partial charge >= 0.3 is 5.97 Å². The molecule has 0 aliphatic carbocycles. The Hall–Kier alpha value is 0.0300. The van der Waals surface area contributed by atoms with Gasteiger partial charge in [-0.05, 0) is 34.6 Å². The topological polar surface area (TPSA) is 38.3 Å². The Morgan fingerprint density at radius 2 is 1.85 bits per heavy atom. The third-order valence-electron chi connectivity index (χ3n) is 4.24. The van der Waals surface area contributed by atoms with Gasteiger partial charge in [0.1, 0.15) is 19.2 Å². The van der Waals surface area contributed by atoms with Crippen LogP contribution in [0.4, 0.5) is 0 Å². The average molecular weight is 325 g/mol. The van der Waals surface area contributed by atoms with Crippen molar-refractivity contribution < 1.29 is 26.4 Å². The largest absolute Gasteiger partial charge is 1.00 e. The second-order valence-electron chi connectivity index (χ2n) is 5.70. The zero-order valence-corrected chi connectivity index (χ0v) is 14.9. The molecule has 1 aliphatic rings. The van der Waals surface area contributed by atoms with Crippen LogP contribution in [0.15, 0.2) is 0 Å². The van der Waals surface area contributed by atoms with Crippen molar-refractivity contribution in [3.8, 4) is 0 Å². The first-order valence-electron chi connectivity index (χ1n) is 7.31. The van der Waals surface area contributed by atoms with Gasteiger partial charge < -0.3 is 21.6 Å². The Bertz CT molecular complexity index is 301. The number of halogens is 1. The van der Waals surface area contributed by atoms with Crippen LogP contribution in [0.1, 0.15) is 34.6 Å². The van der Waals surface area contributed by atoms with Gasteiger partial charge in [0.15, 0.2) is 0 Å². The molecule has 0 saturated carbocycles. The van der Waals surface area contributed by atoms with E-state index in [1.54, 1.807) is 11.8 Å². The monoisotopic (exact) mass is 324 g/mol. The van der Waals surface area contributed by atoms with Gasteiger partial charge in [0, 0.05) is 5.75 Å². The summed E-state index contributed by atoms with van der Waals surface area (Å²) in [7, 11) is 0. The van der Waals surface area contributed by atoms with Crippen molar-refractivity contribution in [1.29, 1.82) is 0 Å². The van der Waals surface area contributed by atoms with Gasteiger partial charge in [0.2, 0.25) is 0 Å². The molecule has 6 heteroatoms. The molecule has 0 aromatic carbocycles. The molecule has 0 aromatic rings. The van der Waals surface area contributed by atoms with Gasteiger partial charge in [-0.25, -0.2) is 0 Å². The van der Waals surface area contributed by atoms with Crippen LogP contribution in [0.2, 0.25) is 0 Å². The van der Waals surface area contributed by atoms with Crippen LogP contribution < -0.4 is 17.7 Å². The summed E-state index contributed by atoms with van der Waals surface area (Å²) in [5, 5.41) is 3.30. The highest BCUT2D eigenvalue weighted by Gasteiger charge is 2.36. The standard InChI is InChI=1S/C14H29N2O2S.ClH/c1-6-16(7-2,8-3)9-10-18-13(17)12-11-19-14(4,5)15-12;/h12,15H,6-11H2,1-5H3;1H/q+1;/p-1/t12-;/m0./s1. The predicted molar refractivity (Wildman–Crippen MR) is 81.2 cm³/mol. The molecule has 0 amide bonds. The first kappa shape index (κ1) is 20.0. The van der Waals surface area contributed by atoms with Crippen molar-refractivity contribution in [2.24, 2.45) is 0 Å². The summed E-state index contributed by atoms with van der Waals surface area (Å²) in [5.74, 6) is 0.709. The number of carbonyl (C=O) groups is 1. The van der Waals surface area contributed by atoms with E-state index in [1.807, 2.05) is 0 Å². The second kappa shape index (κ2) is 8.47. The third kappa shape index (κ3) is 5.43. The van der Waals surface area contributed by atoms with Crippen molar-refractivity contribution in [3.05, 3.63) is 0 Å². The summed E-state index contributed by atoms with van der Waals surface area (Å²) in [6.07, 6.45) is 0. The zero-order valence-electron chi connectivity index (χ0n) is 13.4. The Morgan fingerprint density at radius 3 is 2.25 bits per heavy atom. The van der Waals surface area contributed by atoms with Crippen molar-refractivity contribution in [1.82, 2.24) is 5.32 Å². The average Bonchev–Trinajstić information content (AvgIpc) is 2.75. The van der Waals surface area contributed by atoms with E-state index in [0.29, 0.717) is 6.61 Å². The molecule has 1 saturated heterocycles. The van der Waals surface area contributed by atoms with Gasteiger partial charge in [-0.3, -0.25) is 10.1 Å². The highest BCUT2D eigenvalue weighted by Crippen LogP contribution is 2.29. The lowest BCUT2D eigenvalue weighted by Crippen LogP contribution is -3.00. The molecule has 1 aliphatic heterocycles. The van der Waals surface area contributed by atoms with Gasteiger partial charge in [0.05, 0.1) is 24.5 Å². The maximum absolute atomic E-state index is 12.0. The Balaban J connectivity index is 0.00000361. The van der Waals surface area contributed by atoms with Crippen molar-refractivity contribution in [2.75, 3.05) is 38.5 Å². The fraction of sp³-hybridized carbons (Fsp3) is 0.929. The molecule has 1 heterocycles. The number of thioether (sulfide) groups is 1. The Kier molecular flexibility index (Phi) is 8.48. The molecule has 1 fully saturated rings. The minimum Gasteiger partial charge on any atom is -1.00 e. The summed E-state index contributed by atoms with van der Waals surface area (Å²) in [5.41, 5.74) is 0. The first-order chi connectivity index (χ1) is 8.88. The lowest BCUT2D eigenvalue weighted by molar-refractivity contribution is -0.923. The van der Waals surface area contributed by atoms with Crippen LogP contribution in [-0.2, 0) is 9.53 Å². The van der Waals surface area contributed by atoms with E-state index in [-0.39, 0.29) is 29.3 Å². The molecule has 0 spiro atoms. The minimum absolute atomic E-state index is 0. The lowest BCUT2D eigenvalue weighted by atomic mass is 10.3. The SMILES string of the molecule is CC[N+](CC)(CC)CCOC(=O)[C@@H]1CSC(C)(C)N1.[Cl-]. The quantitative estimate of drug-likeness (QED) is 0.474. The number of hydrogen-bond acceptors (Lipinski definition) is 4. The normalized spacial score (nSPS) is 21.4. The van der Waals surface area contributed by atoms with E-state index < -0.39 is 0 Å². The van der Waals surface area contributed by atoms with E-state index in [2.05, 4.69) is 39.9 Å². The molecule has 1 N–H and O–H groups in total. The molecule has 120 valence electrons. The smallest absolute Gasteiger partial charge is 0.324 e. The molecule has 20 heavy (non-hydrogen) atoms. The second-order valence-corrected chi connectivity index (χ2v) is 7.34. The van der Waals surface area contributed by atoms with Crippen molar-refractivity contribution >= 4 is 17.7 Å². The summed E-state index contributed by atoms with van der Waals surface area (Å²) in [4.78, 5) is 12.0. The predicted octanol–water partition coefficient (Wildman–Crippen LogP) is -1.15. The van der Waals surface area contributed by atoms with E-state index in [0.717, 1.165) is 36.4 Å². The zero-order chi connectivity index (χ0) is 14.5. The van der Waals surface area contributed by atoms with E-state index in [9.17, 15) is 4.79 Å². The van der Waals surface area contributed by atoms with Crippen LogP contribution in [0, 0.1) is 0 Å². The molecule has 4 nitrogen and oxygen atoms in total. The number of rotatable bonds is 7. The van der Waals surface area contributed by atoms with Gasteiger partial charge in [-0.2, -0.15) is 0 Å². The van der Waals surface area contributed by atoms with E-state index in [1.165, 1.54) is 0 Å². The number of nitrogens with one attached hydrogen (secondary N) is 1. The lowest BCUT2D eigenvalue weighted by Gasteiger charge is -2.35. The molecular formula is C14H29ClN2O2S. The summed E-state index contributed by atoms with van der Waals surface area (Å²) < 4.78 is 6.47. The minimum atomic E-state index is -0.147. The third-order valence-corrected chi connectivity index (χ3v) is 5.58. The molecule has 1 rings (SSSR count). The van der Waals surface area contributed by atoms with Gasteiger partial charge in [0.25, 0.3) is 0 Å². The number of nitrogens with zero attached hydrogens (tertiary/aromatic N) is 1. The highest BCUT2D eigenvalue weighted by molar-refractivity contribution is 8.00. The molecule has 0 bridgehead atoms. The van der Waals surface area contributed by atoms with Crippen LogP contribution in [-0.4, -0.2) is 59.9 Å². The first-order valence-corrected chi connectivity index (χ1v) is 8.30. The maximum atomic E-state index is 12.0. The van der Waals surface area contributed by atoms with Gasteiger partial charge in [-0.15, -0.1) is 11.8 Å². The fourth-order valence-electron chi connectivity index (χ4n) is 2.51. The van der Waals surface area contributed by atoms with Crippen LogP contribution >= 0.6 is 11.8 Å². The van der Waals surface area contributed by atoms with Crippen LogP contribution in [0.3, 0.4) is 0 Å². The number of quaternary nitrogens is 1. The summed E-state index contributed by atoms with van der Waals surface area (Å²) in [6.45, 7) is 15.5. The molecule has 0 aromatic heterocycles. The molecule has 0 radical (unpaired) electrons. The van der Waals surface area contributed by atoms with Crippen molar-refractivity contribution in [2.45, 2.75) is 45.5 Å². The van der Waals surface area contributed by atoms with Crippen molar-refractivity contribution in [3.63, 3.8) is 0 Å². The number of carbonyl (C=O) groups excluding carboxylic acids is 1. The summed E-state index contributed by atoms with van der Waals surface area (Å²) in [6, 6.07) is -0.147. The fourth-order valence-corrected chi connectivity index (χ4v) is 3.54. The molecule has 0 unspecified atom stereocenters. The number of likely N-dealkylation sites (N-methyl/N-ethyl adjacent to an activating group) is 1. The Morgan fingerprint density at radius 1 is 1.30 bits per heavy atom. The number of hydrogen-bond donors (Lipinski definition) is 1. The highest BCUT2D eigenvalue weighted by atomic mass is 35.5.